The molecule has 78 valence electrons. The van der Waals surface area contributed by atoms with Crippen LogP contribution in [0.3, 0.4) is 0 Å². The van der Waals surface area contributed by atoms with Crippen molar-refractivity contribution in [2.24, 2.45) is 0 Å². The summed E-state index contributed by atoms with van der Waals surface area (Å²) in [5, 5.41) is 0. The first-order chi connectivity index (χ1) is 6.50. The first kappa shape index (κ1) is 15.2. The van der Waals surface area contributed by atoms with Crippen molar-refractivity contribution in [1.82, 2.24) is 0 Å². The smallest absolute Gasteiger partial charge is 0.0163 e. The van der Waals surface area contributed by atoms with Gasteiger partial charge in [-0.15, -0.1) is 6.58 Å². The lowest BCUT2D eigenvalue weighted by Crippen LogP contribution is -1.50. The minimum atomic E-state index is 1.02. The Labute approximate surface area is 89.0 Å². The third kappa shape index (κ3) is 31.0. The highest BCUT2D eigenvalue weighted by Gasteiger charge is 1.72. The predicted molar refractivity (Wildman–Crippen MR) is 68.4 cm³/mol. The summed E-state index contributed by atoms with van der Waals surface area (Å²) >= 11 is 0. The van der Waals surface area contributed by atoms with Gasteiger partial charge in [-0.05, 0) is 27.2 Å². The lowest BCUT2D eigenvalue weighted by atomic mass is 10.4. The van der Waals surface area contributed by atoms with Crippen LogP contribution >= 0.6 is 0 Å². The van der Waals surface area contributed by atoms with Crippen molar-refractivity contribution in [1.29, 1.82) is 0 Å². The zero-order valence-electron chi connectivity index (χ0n) is 9.72. The molecule has 0 radical (unpaired) electrons. The Morgan fingerprint density at radius 2 is 1.36 bits per heavy atom. The molecule has 0 heteroatoms. The van der Waals surface area contributed by atoms with Gasteiger partial charge in [0.15, 0.2) is 0 Å². The minimum absolute atomic E-state index is 1.02. The molecule has 0 amide bonds. The van der Waals surface area contributed by atoms with E-state index in [-0.39, 0.29) is 0 Å². The van der Waals surface area contributed by atoms with Crippen LogP contribution in [-0.4, -0.2) is 0 Å². The van der Waals surface area contributed by atoms with Crippen molar-refractivity contribution >= 4 is 0 Å². The van der Waals surface area contributed by atoms with E-state index in [0.717, 1.165) is 12.0 Å². The van der Waals surface area contributed by atoms with Crippen LogP contribution < -0.4 is 0 Å². The van der Waals surface area contributed by atoms with Gasteiger partial charge in [-0.1, -0.05) is 54.7 Å². The van der Waals surface area contributed by atoms with E-state index in [0.29, 0.717) is 0 Å². The summed E-state index contributed by atoms with van der Waals surface area (Å²) in [6.45, 7) is 16.4. The van der Waals surface area contributed by atoms with Gasteiger partial charge in [-0.25, -0.2) is 0 Å². The molecular formula is C14H22. The molecule has 0 aromatic rings. The second kappa shape index (κ2) is 11.7. The van der Waals surface area contributed by atoms with E-state index < -0.39 is 0 Å². The number of hydrogen-bond donors (Lipinski definition) is 0. The minimum Gasteiger partial charge on any atom is -0.100 e. The average Bonchev–Trinajstić information content (AvgIpc) is 2.59. The van der Waals surface area contributed by atoms with Crippen LogP contribution in [-0.2, 0) is 0 Å². The van der Waals surface area contributed by atoms with E-state index in [1.807, 2.05) is 20.8 Å². The van der Waals surface area contributed by atoms with Crippen LogP contribution in [0.25, 0.3) is 0 Å². The highest BCUT2D eigenvalue weighted by molar-refractivity contribution is 5.12. The Morgan fingerprint density at radius 1 is 1.07 bits per heavy atom. The zero-order chi connectivity index (χ0) is 11.4. The molecule has 0 aromatic carbocycles. The highest BCUT2D eigenvalue weighted by atomic mass is 13.8. The van der Waals surface area contributed by atoms with Crippen LogP contribution in [0.15, 0.2) is 61.3 Å². The van der Waals surface area contributed by atoms with E-state index in [1.165, 1.54) is 5.57 Å². The molecule has 1 aliphatic rings. The van der Waals surface area contributed by atoms with E-state index in [4.69, 9.17) is 0 Å². The fraction of sp³-hybridized carbons (Fsp3) is 0.286. The molecule has 1 rings (SSSR count). The second-order valence-corrected chi connectivity index (χ2v) is 3.35. The molecule has 0 atom stereocenters. The fourth-order valence-corrected chi connectivity index (χ4v) is 0.393. The first-order valence-electron chi connectivity index (χ1n) is 4.72. The molecule has 0 aliphatic heterocycles. The van der Waals surface area contributed by atoms with Crippen molar-refractivity contribution < 1.29 is 0 Å². The maximum Gasteiger partial charge on any atom is -0.0163 e. The van der Waals surface area contributed by atoms with Gasteiger partial charge in [0.25, 0.3) is 0 Å². The van der Waals surface area contributed by atoms with Crippen LogP contribution in [0.1, 0.15) is 27.2 Å². The lowest BCUT2D eigenvalue weighted by molar-refractivity contribution is 1.42. The molecule has 0 saturated carbocycles. The molecule has 0 saturated heterocycles. The summed E-state index contributed by atoms with van der Waals surface area (Å²) < 4.78 is 0. The van der Waals surface area contributed by atoms with Crippen LogP contribution in [0.2, 0.25) is 0 Å². The van der Waals surface area contributed by atoms with Gasteiger partial charge in [0.1, 0.15) is 0 Å². The summed E-state index contributed by atoms with van der Waals surface area (Å²) in [7, 11) is 0. The zero-order valence-corrected chi connectivity index (χ0v) is 9.72. The summed E-state index contributed by atoms with van der Waals surface area (Å²) in [6, 6.07) is 0. The SMILES string of the molecule is C1=CCC=C1.C=C(C)C.C=CC(=C)C. The van der Waals surface area contributed by atoms with Gasteiger partial charge >= 0.3 is 0 Å². The Kier molecular flexibility index (Phi) is 12.7. The van der Waals surface area contributed by atoms with Gasteiger partial charge in [-0.2, -0.15) is 0 Å². The third-order valence-electron chi connectivity index (χ3n) is 1.00. The lowest BCUT2D eigenvalue weighted by Gasteiger charge is -1.71. The molecule has 14 heavy (non-hydrogen) atoms. The quantitative estimate of drug-likeness (QED) is 0.410. The largest absolute Gasteiger partial charge is 0.100 e. The van der Waals surface area contributed by atoms with Crippen molar-refractivity contribution in [2.45, 2.75) is 27.2 Å². The van der Waals surface area contributed by atoms with Crippen molar-refractivity contribution in [3.63, 3.8) is 0 Å². The molecular weight excluding hydrogens is 168 g/mol. The first-order valence-corrected chi connectivity index (χ1v) is 4.72. The van der Waals surface area contributed by atoms with E-state index >= 15 is 0 Å². The average molecular weight is 190 g/mol. The normalized spacial score (nSPS) is 10.5. The van der Waals surface area contributed by atoms with Gasteiger partial charge in [0.05, 0.1) is 0 Å². The highest BCUT2D eigenvalue weighted by Crippen LogP contribution is 1.93. The molecule has 0 N–H and O–H groups in total. The number of hydrogen-bond acceptors (Lipinski definition) is 0. The van der Waals surface area contributed by atoms with Gasteiger partial charge in [0, 0.05) is 0 Å². The Morgan fingerprint density at radius 3 is 1.43 bits per heavy atom. The molecule has 0 nitrogen and oxygen atoms in total. The van der Waals surface area contributed by atoms with Crippen LogP contribution in [0.5, 0.6) is 0 Å². The Balaban J connectivity index is 0. The van der Waals surface area contributed by atoms with Gasteiger partial charge in [-0.3, -0.25) is 0 Å². The second-order valence-electron chi connectivity index (χ2n) is 3.35. The topological polar surface area (TPSA) is 0 Å². The molecule has 0 heterocycles. The number of rotatable bonds is 1. The predicted octanol–water partition coefficient (Wildman–Crippen LogP) is 4.83. The fourth-order valence-electron chi connectivity index (χ4n) is 0.393. The summed E-state index contributed by atoms with van der Waals surface area (Å²) in [6.07, 6.45) is 11.2. The standard InChI is InChI=1S/C5H6.C5H8.C4H8/c1-2-4-5-3-1;1-4-5(2)3;1-4(2)3/h1-4H,5H2;4H,1-2H2,3H3;1H2,2-3H3. The van der Waals surface area contributed by atoms with E-state index in [9.17, 15) is 0 Å². The molecule has 0 unspecified atom stereocenters. The van der Waals surface area contributed by atoms with Gasteiger partial charge in [0.2, 0.25) is 0 Å². The van der Waals surface area contributed by atoms with Crippen LogP contribution in [0.4, 0.5) is 0 Å². The van der Waals surface area contributed by atoms with E-state index in [2.05, 4.69) is 44.0 Å². The maximum atomic E-state index is 3.56. The molecule has 1 aliphatic carbocycles. The van der Waals surface area contributed by atoms with Crippen LogP contribution in [0, 0.1) is 0 Å². The Hall–Kier alpha value is -1.30. The summed E-state index contributed by atoms with van der Waals surface area (Å²) in [5.41, 5.74) is 2.19. The monoisotopic (exact) mass is 190 g/mol. The van der Waals surface area contributed by atoms with E-state index in [1.54, 1.807) is 6.08 Å². The van der Waals surface area contributed by atoms with Crippen molar-refractivity contribution in [2.75, 3.05) is 0 Å². The third-order valence-corrected chi connectivity index (χ3v) is 1.00. The Bertz CT molecular complexity index is 212. The van der Waals surface area contributed by atoms with Crippen molar-refractivity contribution in [3.8, 4) is 0 Å². The molecule has 0 fully saturated rings. The maximum absolute atomic E-state index is 3.56. The molecule has 0 aromatic heterocycles. The molecule has 0 bridgehead atoms. The van der Waals surface area contributed by atoms with Crippen molar-refractivity contribution in [3.05, 3.63) is 61.3 Å². The summed E-state index contributed by atoms with van der Waals surface area (Å²) in [5.74, 6) is 0. The van der Waals surface area contributed by atoms with Gasteiger partial charge < -0.3 is 0 Å². The summed E-state index contributed by atoms with van der Waals surface area (Å²) in [4.78, 5) is 0. The molecule has 0 spiro atoms. The number of allylic oxidation sites excluding steroid dienone is 7.